The largest absolute Gasteiger partial charge is 0.378 e. The predicted molar refractivity (Wildman–Crippen MR) is 74.9 cm³/mol. The molecule has 1 rings (SSSR count). The van der Waals surface area contributed by atoms with Crippen LogP contribution >= 0.6 is 0 Å². The third-order valence-corrected chi connectivity index (χ3v) is 2.85. The van der Waals surface area contributed by atoms with E-state index in [1.165, 1.54) is 0 Å². The van der Waals surface area contributed by atoms with Crippen LogP contribution in [0, 0.1) is 5.92 Å². The average Bonchev–Trinajstić information content (AvgIpc) is 2.34. The summed E-state index contributed by atoms with van der Waals surface area (Å²) in [6.45, 7) is 7.16. The summed E-state index contributed by atoms with van der Waals surface area (Å²) in [5.41, 5.74) is 0.799. The van der Waals surface area contributed by atoms with Gasteiger partial charge in [-0.15, -0.1) is 0 Å². The van der Waals surface area contributed by atoms with Gasteiger partial charge in [0.1, 0.15) is 0 Å². The van der Waals surface area contributed by atoms with Crippen molar-refractivity contribution in [1.82, 2.24) is 0 Å². The molecule has 0 saturated heterocycles. The van der Waals surface area contributed by atoms with E-state index in [9.17, 15) is 4.79 Å². The molecule has 2 heteroatoms. The maximum absolute atomic E-state index is 11.8. The van der Waals surface area contributed by atoms with Gasteiger partial charge in [0.15, 0.2) is 5.78 Å². The molecule has 0 saturated carbocycles. The lowest BCUT2D eigenvalue weighted by Gasteiger charge is -2.14. The van der Waals surface area contributed by atoms with Crippen LogP contribution in [0.3, 0.4) is 0 Å². The van der Waals surface area contributed by atoms with Crippen molar-refractivity contribution in [1.29, 1.82) is 0 Å². The van der Waals surface area contributed by atoms with E-state index < -0.39 is 0 Å². The number of benzene rings is 1. The lowest BCUT2D eigenvalue weighted by Crippen LogP contribution is -2.12. The summed E-state index contributed by atoms with van der Waals surface area (Å²) >= 11 is 0. The van der Waals surface area contributed by atoms with Gasteiger partial charge in [-0.3, -0.25) is 4.79 Å². The maximum atomic E-state index is 11.8. The zero-order valence-electron chi connectivity index (χ0n) is 11.7. The van der Waals surface area contributed by atoms with Crippen LogP contribution < -0.4 is 0 Å². The lowest BCUT2D eigenvalue weighted by molar-refractivity contribution is 0.0487. The molecule has 0 fully saturated rings. The zero-order valence-corrected chi connectivity index (χ0v) is 11.7. The quantitative estimate of drug-likeness (QED) is 0.511. The van der Waals surface area contributed by atoms with Crippen molar-refractivity contribution in [2.45, 2.75) is 46.1 Å². The van der Waals surface area contributed by atoms with Gasteiger partial charge in [0, 0.05) is 18.6 Å². The molecule has 0 radical (unpaired) electrons. The summed E-state index contributed by atoms with van der Waals surface area (Å²) in [6, 6.07) is 9.45. The first-order valence-electron chi connectivity index (χ1n) is 6.79. The SMILES string of the molecule is CC(C)CC(C)OCCCC(=O)c1ccccc1. The first-order chi connectivity index (χ1) is 8.59. The Morgan fingerprint density at radius 2 is 1.83 bits per heavy atom. The number of ketones is 1. The summed E-state index contributed by atoms with van der Waals surface area (Å²) in [6.07, 6.45) is 2.73. The molecule has 0 aliphatic heterocycles. The summed E-state index contributed by atoms with van der Waals surface area (Å²) in [5, 5.41) is 0. The van der Waals surface area contributed by atoms with Crippen LogP contribution in [-0.2, 0) is 4.74 Å². The molecule has 0 bridgehead atoms. The van der Waals surface area contributed by atoms with Crippen LogP contribution in [0.25, 0.3) is 0 Å². The Labute approximate surface area is 110 Å². The Balaban J connectivity index is 2.17. The lowest BCUT2D eigenvalue weighted by atomic mass is 10.1. The first-order valence-corrected chi connectivity index (χ1v) is 6.79. The van der Waals surface area contributed by atoms with Gasteiger partial charge in [-0.1, -0.05) is 44.2 Å². The third kappa shape index (κ3) is 5.97. The minimum atomic E-state index is 0.204. The van der Waals surface area contributed by atoms with Crippen molar-refractivity contribution in [3.8, 4) is 0 Å². The van der Waals surface area contributed by atoms with E-state index in [4.69, 9.17) is 4.74 Å². The van der Waals surface area contributed by atoms with Gasteiger partial charge in [-0.25, -0.2) is 0 Å². The molecular weight excluding hydrogens is 224 g/mol. The van der Waals surface area contributed by atoms with Gasteiger partial charge in [0.25, 0.3) is 0 Å². The van der Waals surface area contributed by atoms with E-state index in [-0.39, 0.29) is 11.9 Å². The second kappa shape index (κ2) is 8.04. The molecule has 0 aliphatic carbocycles. The number of carbonyl (C=O) groups is 1. The van der Waals surface area contributed by atoms with Gasteiger partial charge in [0.2, 0.25) is 0 Å². The van der Waals surface area contributed by atoms with E-state index >= 15 is 0 Å². The molecule has 1 unspecified atom stereocenters. The fourth-order valence-electron chi connectivity index (χ4n) is 2.02. The van der Waals surface area contributed by atoms with Crippen molar-refractivity contribution in [2.75, 3.05) is 6.61 Å². The third-order valence-electron chi connectivity index (χ3n) is 2.85. The van der Waals surface area contributed by atoms with Crippen molar-refractivity contribution < 1.29 is 9.53 Å². The van der Waals surface area contributed by atoms with Crippen molar-refractivity contribution >= 4 is 5.78 Å². The zero-order chi connectivity index (χ0) is 13.4. The maximum Gasteiger partial charge on any atom is 0.162 e. The van der Waals surface area contributed by atoms with E-state index in [0.717, 1.165) is 18.4 Å². The van der Waals surface area contributed by atoms with E-state index in [2.05, 4.69) is 20.8 Å². The molecule has 1 aromatic carbocycles. The van der Waals surface area contributed by atoms with Crippen LogP contribution in [0.15, 0.2) is 30.3 Å². The predicted octanol–water partition coefficient (Wildman–Crippen LogP) is 4.10. The second-order valence-electron chi connectivity index (χ2n) is 5.20. The topological polar surface area (TPSA) is 26.3 Å². The first kappa shape index (κ1) is 14.9. The van der Waals surface area contributed by atoms with Crippen molar-refractivity contribution in [3.63, 3.8) is 0 Å². The van der Waals surface area contributed by atoms with Crippen LogP contribution in [0.4, 0.5) is 0 Å². The number of carbonyl (C=O) groups excluding carboxylic acids is 1. The van der Waals surface area contributed by atoms with Gasteiger partial charge in [-0.2, -0.15) is 0 Å². The molecule has 1 atom stereocenters. The molecule has 0 N–H and O–H groups in total. The van der Waals surface area contributed by atoms with Crippen molar-refractivity contribution in [3.05, 3.63) is 35.9 Å². The molecule has 1 aromatic rings. The molecule has 0 heterocycles. The summed E-state index contributed by atoms with van der Waals surface area (Å²) in [4.78, 5) is 11.8. The Kier molecular flexibility index (Phi) is 6.66. The minimum absolute atomic E-state index is 0.204. The average molecular weight is 248 g/mol. The van der Waals surface area contributed by atoms with Crippen LogP contribution in [-0.4, -0.2) is 18.5 Å². The smallest absolute Gasteiger partial charge is 0.162 e. The Bertz CT molecular complexity index is 343. The summed E-state index contributed by atoms with van der Waals surface area (Å²) in [5.74, 6) is 0.863. The number of ether oxygens (including phenoxy) is 1. The fraction of sp³-hybridized carbons (Fsp3) is 0.562. The fourth-order valence-corrected chi connectivity index (χ4v) is 2.02. The van der Waals surface area contributed by atoms with Crippen LogP contribution in [0.2, 0.25) is 0 Å². The molecule has 0 aliphatic rings. The molecule has 0 spiro atoms. The van der Waals surface area contributed by atoms with Gasteiger partial charge >= 0.3 is 0 Å². The van der Waals surface area contributed by atoms with Crippen LogP contribution in [0.5, 0.6) is 0 Å². The van der Waals surface area contributed by atoms with Crippen LogP contribution in [0.1, 0.15) is 50.4 Å². The second-order valence-corrected chi connectivity index (χ2v) is 5.20. The highest BCUT2D eigenvalue weighted by molar-refractivity contribution is 5.95. The van der Waals surface area contributed by atoms with Crippen molar-refractivity contribution in [2.24, 2.45) is 5.92 Å². The molecule has 0 aromatic heterocycles. The minimum Gasteiger partial charge on any atom is -0.378 e. The Morgan fingerprint density at radius 3 is 2.44 bits per heavy atom. The van der Waals surface area contributed by atoms with E-state index in [0.29, 0.717) is 18.9 Å². The monoisotopic (exact) mass is 248 g/mol. The highest BCUT2D eigenvalue weighted by Crippen LogP contribution is 2.09. The molecule has 2 nitrogen and oxygen atoms in total. The Morgan fingerprint density at radius 1 is 1.17 bits per heavy atom. The van der Waals surface area contributed by atoms with Gasteiger partial charge in [-0.05, 0) is 25.7 Å². The summed E-state index contributed by atoms with van der Waals surface area (Å²) < 4.78 is 5.69. The standard InChI is InChI=1S/C16H24O2/c1-13(2)12-14(3)18-11-7-10-16(17)15-8-5-4-6-9-15/h4-6,8-9,13-14H,7,10-12H2,1-3H3. The molecular formula is C16H24O2. The summed E-state index contributed by atoms with van der Waals surface area (Å²) in [7, 11) is 0. The Hall–Kier alpha value is -1.15. The number of hydrogen-bond donors (Lipinski definition) is 0. The van der Waals surface area contributed by atoms with Gasteiger partial charge < -0.3 is 4.74 Å². The highest BCUT2D eigenvalue weighted by Gasteiger charge is 2.07. The molecule has 18 heavy (non-hydrogen) atoms. The number of hydrogen-bond acceptors (Lipinski definition) is 2. The normalized spacial score (nSPS) is 12.7. The van der Waals surface area contributed by atoms with Gasteiger partial charge in [0.05, 0.1) is 6.10 Å². The molecule has 100 valence electrons. The number of rotatable bonds is 8. The highest BCUT2D eigenvalue weighted by atomic mass is 16.5. The van der Waals surface area contributed by atoms with E-state index in [1.807, 2.05) is 30.3 Å². The number of Topliss-reactive ketones (excluding diaryl/α,β-unsaturated/α-hetero) is 1. The van der Waals surface area contributed by atoms with E-state index in [1.54, 1.807) is 0 Å². The molecule has 0 amide bonds.